The number of hydrogen-bond donors (Lipinski definition) is 1. The number of aliphatic hydroxyl groups excluding tert-OH is 1. The van der Waals surface area contributed by atoms with Crippen molar-refractivity contribution >= 4 is 0 Å². The van der Waals surface area contributed by atoms with Gasteiger partial charge in [0.15, 0.2) is 0 Å². The second kappa shape index (κ2) is 4.70. The molecule has 0 radical (unpaired) electrons. The van der Waals surface area contributed by atoms with Gasteiger partial charge in [0.05, 0.1) is 0 Å². The lowest BCUT2D eigenvalue weighted by molar-refractivity contribution is 0.288. The Morgan fingerprint density at radius 1 is 1.33 bits per heavy atom. The minimum atomic E-state index is 0.186. The van der Waals surface area contributed by atoms with Gasteiger partial charge in [-0.3, -0.25) is 4.98 Å². The van der Waals surface area contributed by atoms with Crippen LogP contribution in [0.5, 0.6) is 0 Å². The minimum absolute atomic E-state index is 0.186. The smallest absolute Gasteiger partial charge is 0.0494 e. The van der Waals surface area contributed by atoms with Crippen molar-refractivity contribution in [2.45, 2.75) is 12.8 Å². The van der Waals surface area contributed by atoms with Gasteiger partial charge in [-0.05, 0) is 25.0 Å². The zero-order valence-electron chi connectivity index (χ0n) is 8.30. The van der Waals surface area contributed by atoms with Crippen molar-refractivity contribution in [2.24, 2.45) is 0 Å². The Morgan fingerprint density at radius 3 is 3.00 bits per heavy atom. The molecule has 78 valence electrons. The second-order valence-electron chi connectivity index (χ2n) is 3.26. The standard InChI is InChI=1S/C11H12N3O/c15-7-3-4-9-8-11(14-13-9)10-5-1-2-6-12-10/h1-2,5-6,8,15H,3-4,7H2/q-1. The third kappa shape index (κ3) is 2.41. The van der Waals surface area contributed by atoms with Crippen molar-refractivity contribution in [3.05, 3.63) is 36.2 Å². The van der Waals surface area contributed by atoms with Crippen molar-refractivity contribution in [2.75, 3.05) is 6.61 Å². The number of rotatable bonds is 4. The van der Waals surface area contributed by atoms with Crippen molar-refractivity contribution in [3.8, 4) is 11.4 Å². The molecule has 0 saturated heterocycles. The van der Waals surface area contributed by atoms with E-state index in [-0.39, 0.29) is 6.61 Å². The Hall–Kier alpha value is -1.68. The van der Waals surface area contributed by atoms with E-state index in [0.717, 1.165) is 29.9 Å². The molecule has 0 amide bonds. The van der Waals surface area contributed by atoms with E-state index in [1.165, 1.54) is 0 Å². The average molecular weight is 202 g/mol. The fourth-order valence-electron chi connectivity index (χ4n) is 1.36. The van der Waals surface area contributed by atoms with E-state index in [1.54, 1.807) is 6.20 Å². The number of aliphatic hydroxyl groups is 1. The summed E-state index contributed by atoms with van der Waals surface area (Å²) in [5, 5.41) is 16.8. The molecule has 2 rings (SSSR count). The third-order valence-electron chi connectivity index (χ3n) is 2.11. The van der Waals surface area contributed by atoms with Gasteiger partial charge in [-0.2, -0.15) is 0 Å². The first kappa shape index (κ1) is 9.86. The average Bonchev–Trinajstić information content (AvgIpc) is 2.76. The summed E-state index contributed by atoms with van der Waals surface area (Å²) < 4.78 is 0. The van der Waals surface area contributed by atoms with Crippen LogP contribution in [-0.4, -0.2) is 21.8 Å². The van der Waals surface area contributed by atoms with Gasteiger partial charge in [0.2, 0.25) is 0 Å². The van der Waals surface area contributed by atoms with Crippen LogP contribution >= 0.6 is 0 Å². The minimum Gasteiger partial charge on any atom is -0.573 e. The Labute approximate surface area is 88.0 Å². The topological polar surface area (TPSA) is 60.1 Å². The summed E-state index contributed by atoms with van der Waals surface area (Å²) in [5.74, 6) is 0. The molecule has 0 aliphatic heterocycles. The molecule has 0 atom stereocenters. The van der Waals surface area contributed by atoms with Crippen LogP contribution in [0.25, 0.3) is 11.4 Å². The fraction of sp³-hybridized carbons (Fsp3) is 0.273. The van der Waals surface area contributed by atoms with Gasteiger partial charge in [-0.1, -0.05) is 17.8 Å². The van der Waals surface area contributed by atoms with Crippen LogP contribution in [0.1, 0.15) is 12.1 Å². The van der Waals surface area contributed by atoms with Gasteiger partial charge in [-0.25, -0.2) is 0 Å². The molecule has 0 aliphatic carbocycles. The highest BCUT2D eigenvalue weighted by Crippen LogP contribution is 2.13. The van der Waals surface area contributed by atoms with Crippen LogP contribution in [0, 0.1) is 0 Å². The van der Waals surface area contributed by atoms with Gasteiger partial charge in [0.25, 0.3) is 0 Å². The molecule has 2 heterocycles. The molecule has 15 heavy (non-hydrogen) atoms. The summed E-state index contributed by atoms with van der Waals surface area (Å²) in [5.41, 5.74) is 2.54. The summed E-state index contributed by atoms with van der Waals surface area (Å²) >= 11 is 0. The number of pyridine rings is 1. The molecular weight excluding hydrogens is 190 g/mol. The molecular formula is C11H12N3O-. The first-order chi connectivity index (χ1) is 7.40. The summed E-state index contributed by atoms with van der Waals surface area (Å²) in [6.07, 6.45) is 3.22. The predicted octanol–water partition coefficient (Wildman–Crippen LogP) is 1.03. The predicted molar refractivity (Wildman–Crippen MR) is 56.2 cm³/mol. The number of nitrogens with zero attached hydrogens (tertiary/aromatic N) is 3. The molecule has 0 saturated carbocycles. The molecule has 0 unspecified atom stereocenters. The van der Waals surface area contributed by atoms with E-state index >= 15 is 0 Å². The van der Waals surface area contributed by atoms with E-state index in [9.17, 15) is 0 Å². The first-order valence-electron chi connectivity index (χ1n) is 4.91. The van der Waals surface area contributed by atoms with Crippen LogP contribution in [-0.2, 0) is 6.42 Å². The molecule has 0 bridgehead atoms. The molecule has 2 aromatic heterocycles. The first-order valence-corrected chi connectivity index (χ1v) is 4.91. The van der Waals surface area contributed by atoms with Crippen LogP contribution < -0.4 is 5.10 Å². The van der Waals surface area contributed by atoms with Gasteiger partial charge < -0.3 is 15.3 Å². The quantitative estimate of drug-likeness (QED) is 0.804. The van der Waals surface area contributed by atoms with Gasteiger partial charge in [0, 0.05) is 24.2 Å². The Kier molecular flexibility index (Phi) is 3.09. The highest BCUT2D eigenvalue weighted by atomic mass is 16.2. The van der Waals surface area contributed by atoms with Crippen LogP contribution in [0.15, 0.2) is 30.5 Å². The lowest BCUT2D eigenvalue weighted by Gasteiger charge is -2.01. The van der Waals surface area contributed by atoms with E-state index in [0.29, 0.717) is 0 Å². The molecule has 0 spiro atoms. The molecule has 4 nitrogen and oxygen atoms in total. The zero-order chi connectivity index (χ0) is 10.5. The maximum Gasteiger partial charge on any atom is 0.0494 e. The summed E-state index contributed by atoms with van der Waals surface area (Å²) in [6.45, 7) is 0.186. The molecule has 0 aromatic carbocycles. The Bertz CT molecular complexity index is 411. The lowest BCUT2D eigenvalue weighted by atomic mass is 10.2. The molecule has 0 fully saturated rings. The summed E-state index contributed by atoms with van der Waals surface area (Å²) in [4.78, 5) is 4.19. The molecule has 0 aliphatic rings. The Balaban J connectivity index is 2.14. The van der Waals surface area contributed by atoms with E-state index < -0.39 is 0 Å². The lowest BCUT2D eigenvalue weighted by Crippen LogP contribution is -1.89. The molecule has 1 N–H and O–H groups in total. The van der Waals surface area contributed by atoms with Crippen molar-refractivity contribution in [1.29, 1.82) is 0 Å². The van der Waals surface area contributed by atoms with E-state index in [2.05, 4.69) is 15.2 Å². The monoisotopic (exact) mass is 202 g/mol. The SMILES string of the molecule is OCCCc1cc(-c2ccccn2)[n-]n1. The second-order valence-corrected chi connectivity index (χ2v) is 3.26. The maximum atomic E-state index is 8.69. The molecule has 4 heteroatoms. The highest BCUT2D eigenvalue weighted by Gasteiger charge is 1.95. The van der Waals surface area contributed by atoms with Crippen molar-refractivity contribution in [1.82, 2.24) is 15.2 Å². The van der Waals surface area contributed by atoms with Crippen LogP contribution in [0.4, 0.5) is 0 Å². The maximum absolute atomic E-state index is 8.69. The molecule has 2 aromatic rings. The van der Waals surface area contributed by atoms with Gasteiger partial charge >= 0.3 is 0 Å². The van der Waals surface area contributed by atoms with Crippen LogP contribution in [0.3, 0.4) is 0 Å². The normalized spacial score (nSPS) is 10.5. The Morgan fingerprint density at radius 2 is 2.27 bits per heavy atom. The number of hydrogen-bond acceptors (Lipinski definition) is 3. The largest absolute Gasteiger partial charge is 0.573 e. The summed E-state index contributed by atoms with van der Waals surface area (Å²) in [6, 6.07) is 7.61. The van der Waals surface area contributed by atoms with Gasteiger partial charge in [0.1, 0.15) is 0 Å². The van der Waals surface area contributed by atoms with E-state index in [1.807, 2.05) is 24.3 Å². The van der Waals surface area contributed by atoms with Crippen molar-refractivity contribution < 1.29 is 5.11 Å². The van der Waals surface area contributed by atoms with E-state index in [4.69, 9.17) is 5.11 Å². The number of aryl methyl sites for hydroxylation is 1. The number of aromatic nitrogens is 3. The highest BCUT2D eigenvalue weighted by molar-refractivity contribution is 5.53. The van der Waals surface area contributed by atoms with Gasteiger partial charge in [-0.15, -0.1) is 0 Å². The van der Waals surface area contributed by atoms with Crippen molar-refractivity contribution in [3.63, 3.8) is 0 Å². The fourth-order valence-corrected chi connectivity index (χ4v) is 1.36. The third-order valence-corrected chi connectivity index (χ3v) is 2.11. The summed E-state index contributed by atoms with van der Waals surface area (Å²) in [7, 11) is 0. The zero-order valence-corrected chi connectivity index (χ0v) is 8.30. The van der Waals surface area contributed by atoms with Crippen LogP contribution in [0.2, 0.25) is 0 Å².